The quantitative estimate of drug-likeness (QED) is 0.308. The summed E-state index contributed by atoms with van der Waals surface area (Å²) in [5, 5.41) is 0. The molecule has 6 heteroatoms. The smallest absolute Gasteiger partial charge is 0.200 e. The second kappa shape index (κ2) is 4.31. The minimum atomic E-state index is -2.13. The molecule has 0 bridgehead atoms. The minimum Gasteiger partial charge on any atom is -0.219 e. The summed E-state index contributed by atoms with van der Waals surface area (Å²) in [6.07, 6.45) is 4.37. The zero-order valence-electron chi connectivity index (χ0n) is 8.70. The Morgan fingerprint density at radius 2 is 1.29 bits per heavy atom. The van der Waals surface area contributed by atoms with Crippen molar-refractivity contribution in [2.24, 2.45) is 0 Å². The molecule has 1 aliphatic rings. The van der Waals surface area contributed by atoms with Crippen molar-refractivity contribution in [2.75, 3.05) is 0 Å². The van der Waals surface area contributed by atoms with Crippen molar-refractivity contribution in [2.45, 2.75) is 6.92 Å². The van der Waals surface area contributed by atoms with Gasteiger partial charge in [-0.2, -0.15) is 5.46 Å². The SMILES string of the molecule is C[C]1[CH][CH][B-](c2c(F)c(F)c(F)c(F)c2F)[CH]1. The first-order valence-electron chi connectivity index (χ1n) is 4.81. The van der Waals surface area contributed by atoms with Crippen LogP contribution in [0.3, 0.4) is 0 Å². The van der Waals surface area contributed by atoms with E-state index in [9.17, 15) is 22.0 Å². The van der Waals surface area contributed by atoms with Gasteiger partial charge < -0.3 is 0 Å². The second-order valence-corrected chi connectivity index (χ2v) is 3.78. The van der Waals surface area contributed by atoms with E-state index in [4.69, 9.17) is 0 Å². The Morgan fingerprint density at radius 1 is 0.824 bits per heavy atom. The number of rotatable bonds is 1. The Bertz CT molecular complexity index is 431. The molecule has 0 unspecified atom stereocenters. The van der Waals surface area contributed by atoms with Crippen molar-refractivity contribution in [3.8, 4) is 0 Å². The lowest BCUT2D eigenvalue weighted by molar-refractivity contribution is 0.384. The third-order valence-electron chi connectivity index (χ3n) is 2.59. The summed E-state index contributed by atoms with van der Waals surface area (Å²) in [6.45, 7) is 0.752. The fraction of sp³-hybridized carbons (Fsp3) is 0.0909. The predicted octanol–water partition coefficient (Wildman–Crippen LogP) is 2.38. The maximum Gasteiger partial charge on any atom is 0.200 e. The molecule has 1 saturated heterocycles. The lowest BCUT2D eigenvalue weighted by Gasteiger charge is -2.23. The van der Waals surface area contributed by atoms with E-state index in [1.807, 2.05) is 0 Å². The van der Waals surface area contributed by atoms with Gasteiger partial charge in [-0.05, 0) is 0 Å². The molecule has 0 spiro atoms. The molecule has 0 aliphatic carbocycles. The highest BCUT2D eigenvalue weighted by Crippen LogP contribution is 2.25. The van der Waals surface area contributed by atoms with Crippen molar-refractivity contribution in [1.29, 1.82) is 0 Å². The Balaban J connectivity index is 2.54. The summed E-state index contributed by atoms with van der Waals surface area (Å²) in [7, 11) is 0. The third kappa shape index (κ3) is 1.94. The molecule has 0 aromatic heterocycles. The van der Waals surface area contributed by atoms with Gasteiger partial charge in [-0.25, -0.2) is 34.6 Å². The van der Waals surface area contributed by atoms with Crippen LogP contribution in [0.15, 0.2) is 0 Å². The second-order valence-electron chi connectivity index (χ2n) is 3.78. The first kappa shape index (κ1) is 12.4. The zero-order valence-corrected chi connectivity index (χ0v) is 8.70. The van der Waals surface area contributed by atoms with Crippen LogP contribution in [0.4, 0.5) is 22.0 Å². The molecule has 89 valence electrons. The summed E-state index contributed by atoms with van der Waals surface area (Å²) < 4.78 is 65.5. The van der Waals surface area contributed by atoms with Gasteiger partial charge in [0.1, 0.15) is 11.6 Å². The average molecular weight is 244 g/mol. The van der Waals surface area contributed by atoms with Gasteiger partial charge in [-0.1, -0.05) is 26.0 Å². The van der Waals surface area contributed by atoms with E-state index in [0.29, 0.717) is 5.92 Å². The molecule has 1 fully saturated rings. The van der Waals surface area contributed by atoms with Crippen LogP contribution in [0, 0.1) is 54.1 Å². The number of halogens is 5. The predicted molar refractivity (Wildman–Crippen MR) is 53.4 cm³/mol. The van der Waals surface area contributed by atoms with Gasteiger partial charge in [0.2, 0.25) is 0 Å². The van der Waals surface area contributed by atoms with Crippen LogP contribution in [0.5, 0.6) is 0 Å². The van der Waals surface area contributed by atoms with Gasteiger partial charge in [0.15, 0.2) is 17.5 Å². The molecule has 17 heavy (non-hydrogen) atoms. The molecule has 1 aromatic rings. The molecule has 5 radical (unpaired) electrons. The molecule has 0 amide bonds. The lowest BCUT2D eigenvalue weighted by Crippen LogP contribution is -2.37. The molecular formula is C11H6BF5-. The van der Waals surface area contributed by atoms with E-state index in [0.717, 1.165) is 0 Å². The van der Waals surface area contributed by atoms with Crippen molar-refractivity contribution in [3.05, 3.63) is 54.1 Å². The van der Waals surface area contributed by atoms with Crippen molar-refractivity contribution in [3.63, 3.8) is 0 Å². The van der Waals surface area contributed by atoms with E-state index in [2.05, 4.69) is 0 Å². The van der Waals surface area contributed by atoms with Crippen LogP contribution >= 0.6 is 0 Å². The maximum absolute atomic E-state index is 13.4. The lowest BCUT2D eigenvalue weighted by atomic mass is 9.43. The van der Waals surface area contributed by atoms with Gasteiger partial charge in [-0.3, -0.25) is 0 Å². The average Bonchev–Trinajstić information content (AvgIpc) is 2.71. The first-order valence-corrected chi connectivity index (χ1v) is 4.81. The van der Waals surface area contributed by atoms with Gasteiger partial charge >= 0.3 is 0 Å². The van der Waals surface area contributed by atoms with E-state index in [-0.39, 0.29) is 0 Å². The maximum atomic E-state index is 13.4. The van der Waals surface area contributed by atoms with Crippen LogP contribution in [-0.2, 0) is 0 Å². The van der Waals surface area contributed by atoms with Crippen LogP contribution in [0.1, 0.15) is 6.92 Å². The van der Waals surface area contributed by atoms with Crippen LogP contribution < -0.4 is 5.46 Å². The van der Waals surface area contributed by atoms with Crippen LogP contribution in [0.25, 0.3) is 0 Å². The molecule has 2 rings (SSSR count). The van der Waals surface area contributed by atoms with Gasteiger partial charge in [-0.15, -0.1) is 0 Å². The Kier molecular flexibility index (Phi) is 3.14. The highest BCUT2D eigenvalue weighted by Gasteiger charge is 2.26. The van der Waals surface area contributed by atoms with E-state index < -0.39 is 41.3 Å². The summed E-state index contributed by atoms with van der Waals surface area (Å²) in [4.78, 5) is 0. The fourth-order valence-electron chi connectivity index (χ4n) is 1.74. The number of benzene rings is 1. The topological polar surface area (TPSA) is 0 Å². The monoisotopic (exact) mass is 244 g/mol. The fourth-order valence-corrected chi connectivity index (χ4v) is 1.74. The highest BCUT2D eigenvalue weighted by atomic mass is 19.2. The molecule has 1 aliphatic heterocycles. The summed E-state index contributed by atoms with van der Waals surface area (Å²) in [5.41, 5.74) is -0.811. The minimum absolute atomic E-state index is 0.707. The van der Waals surface area contributed by atoms with E-state index >= 15 is 0 Å². The van der Waals surface area contributed by atoms with E-state index in [1.165, 1.54) is 12.6 Å². The van der Waals surface area contributed by atoms with Crippen molar-refractivity contribution < 1.29 is 22.0 Å². The van der Waals surface area contributed by atoms with Crippen LogP contribution in [0.2, 0.25) is 0 Å². The highest BCUT2D eigenvalue weighted by molar-refractivity contribution is 6.81. The number of hydrogen-bond acceptors (Lipinski definition) is 0. The molecule has 1 heterocycles. The first-order chi connectivity index (χ1) is 7.93. The zero-order chi connectivity index (χ0) is 12.7. The third-order valence-corrected chi connectivity index (χ3v) is 2.59. The summed E-state index contributed by atoms with van der Waals surface area (Å²) >= 11 is 0. The molecule has 0 atom stereocenters. The van der Waals surface area contributed by atoms with Gasteiger partial charge in [0.25, 0.3) is 0 Å². The summed E-state index contributed by atoms with van der Waals surface area (Å²) in [5.74, 6) is -8.80. The Labute approximate surface area is 95.9 Å². The largest absolute Gasteiger partial charge is 0.219 e. The molecule has 0 saturated carbocycles. The molecule has 0 nitrogen and oxygen atoms in total. The van der Waals surface area contributed by atoms with Gasteiger partial charge in [0.05, 0.1) is 0 Å². The normalized spacial score (nSPS) is 18.0. The van der Waals surface area contributed by atoms with E-state index in [1.54, 1.807) is 13.3 Å². The summed E-state index contributed by atoms with van der Waals surface area (Å²) in [6, 6.07) is 0. The van der Waals surface area contributed by atoms with Gasteiger partial charge in [0, 0.05) is 0 Å². The standard InChI is InChI=1S/C11H6BF5/c1-5-2-3-12(4-5)6-7(13)9(15)11(17)10(16)8(6)14/h2-4H,1H3/q-1. The van der Waals surface area contributed by atoms with Crippen molar-refractivity contribution in [1.82, 2.24) is 0 Å². The Hall–Kier alpha value is -1.07. The Morgan fingerprint density at radius 3 is 1.71 bits per heavy atom. The van der Waals surface area contributed by atoms with Crippen LogP contribution in [-0.4, -0.2) is 6.71 Å². The molecular weight excluding hydrogens is 238 g/mol. The number of hydrogen-bond donors (Lipinski definition) is 0. The molecule has 0 N–H and O–H groups in total. The van der Waals surface area contributed by atoms with Crippen molar-refractivity contribution >= 4 is 12.2 Å². The molecule has 1 aromatic carbocycles.